The van der Waals surface area contributed by atoms with Crippen LogP contribution >= 0.6 is 12.4 Å². The van der Waals surface area contributed by atoms with E-state index in [1.54, 1.807) is 0 Å². The van der Waals surface area contributed by atoms with Crippen LogP contribution < -0.4 is 10.1 Å². The zero-order valence-electron chi connectivity index (χ0n) is 14.2. The molecule has 0 atom stereocenters. The Balaban J connectivity index is 0.00000264. The molecule has 1 aromatic rings. The molecule has 0 aromatic heterocycles. The number of benzene rings is 1. The highest BCUT2D eigenvalue weighted by molar-refractivity contribution is 5.85. The van der Waals surface area contributed by atoms with Gasteiger partial charge < -0.3 is 15.0 Å². The average Bonchev–Trinajstić information content (AvgIpc) is 2.55. The summed E-state index contributed by atoms with van der Waals surface area (Å²) in [5, 5.41) is 3.37. The molecule has 0 bridgehead atoms. The number of amides is 1. The predicted molar refractivity (Wildman–Crippen MR) is 96.5 cm³/mol. The maximum Gasteiger partial charge on any atom is 0.227 e. The molecule has 0 aliphatic carbocycles. The smallest absolute Gasteiger partial charge is 0.227 e. The van der Waals surface area contributed by atoms with Gasteiger partial charge in [-0.15, -0.1) is 12.4 Å². The fourth-order valence-corrected chi connectivity index (χ4v) is 3.02. The summed E-state index contributed by atoms with van der Waals surface area (Å²) in [7, 11) is 0. The third kappa shape index (κ3) is 6.04. The number of halogens is 1. The minimum atomic E-state index is 0. The minimum absolute atomic E-state index is 0. The molecule has 5 heteroatoms. The van der Waals surface area contributed by atoms with E-state index in [1.807, 2.05) is 31.2 Å². The lowest BCUT2D eigenvalue weighted by molar-refractivity contribution is -0.133. The monoisotopic (exact) mass is 340 g/mol. The van der Waals surface area contributed by atoms with E-state index in [-0.39, 0.29) is 18.3 Å². The van der Waals surface area contributed by atoms with Gasteiger partial charge in [0.25, 0.3) is 0 Å². The molecule has 1 amide bonds. The van der Waals surface area contributed by atoms with E-state index in [0.29, 0.717) is 19.1 Å². The maximum absolute atomic E-state index is 12.7. The summed E-state index contributed by atoms with van der Waals surface area (Å²) < 4.78 is 5.44. The molecule has 1 aromatic carbocycles. The number of hydrogen-bond donors (Lipinski definition) is 1. The number of carbonyl (C=O) groups is 1. The SMILES string of the molecule is CCCN(C(=O)Cc1ccc(OCC)cc1)C1CCNCC1.Cl. The molecule has 0 unspecified atom stereocenters. The quantitative estimate of drug-likeness (QED) is 0.829. The zero-order valence-corrected chi connectivity index (χ0v) is 15.0. The van der Waals surface area contributed by atoms with Crippen LogP contribution in [0.3, 0.4) is 0 Å². The van der Waals surface area contributed by atoms with E-state index >= 15 is 0 Å². The number of piperidine rings is 1. The number of carbonyl (C=O) groups excluding carboxylic acids is 1. The summed E-state index contributed by atoms with van der Waals surface area (Å²) in [5.74, 6) is 1.11. The van der Waals surface area contributed by atoms with Crippen molar-refractivity contribution in [1.82, 2.24) is 10.2 Å². The van der Waals surface area contributed by atoms with Crippen LogP contribution in [-0.2, 0) is 11.2 Å². The topological polar surface area (TPSA) is 41.6 Å². The first-order valence-electron chi connectivity index (χ1n) is 8.46. The molecule has 1 fully saturated rings. The van der Waals surface area contributed by atoms with Crippen molar-refractivity contribution in [1.29, 1.82) is 0 Å². The molecule has 1 heterocycles. The van der Waals surface area contributed by atoms with Crippen LogP contribution in [0.4, 0.5) is 0 Å². The Morgan fingerprint density at radius 1 is 1.22 bits per heavy atom. The third-order valence-electron chi connectivity index (χ3n) is 4.12. The van der Waals surface area contributed by atoms with Crippen molar-refractivity contribution in [2.24, 2.45) is 0 Å². The van der Waals surface area contributed by atoms with Crippen LogP contribution in [0.1, 0.15) is 38.7 Å². The predicted octanol–water partition coefficient (Wildman–Crippen LogP) is 3.04. The standard InChI is InChI=1S/C18H28N2O2.ClH/c1-3-13-20(16-9-11-19-12-10-16)18(21)14-15-5-7-17(8-6-15)22-4-2;/h5-8,16,19H,3-4,9-14H2,1-2H3;1H. The molecule has 2 rings (SSSR count). The number of hydrogen-bond acceptors (Lipinski definition) is 3. The van der Waals surface area contributed by atoms with Gasteiger partial charge in [0.1, 0.15) is 5.75 Å². The van der Waals surface area contributed by atoms with E-state index in [1.165, 1.54) is 0 Å². The van der Waals surface area contributed by atoms with Gasteiger partial charge in [0.2, 0.25) is 5.91 Å². The second-order valence-electron chi connectivity index (χ2n) is 5.82. The summed E-state index contributed by atoms with van der Waals surface area (Å²) in [6.07, 6.45) is 3.62. The zero-order chi connectivity index (χ0) is 15.8. The van der Waals surface area contributed by atoms with Crippen LogP contribution in [0.15, 0.2) is 24.3 Å². The molecule has 0 saturated carbocycles. The van der Waals surface area contributed by atoms with Crippen LogP contribution in [0, 0.1) is 0 Å². The van der Waals surface area contributed by atoms with Crippen LogP contribution in [-0.4, -0.2) is 43.1 Å². The third-order valence-corrected chi connectivity index (χ3v) is 4.12. The number of ether oxygens (including phenoxy) is 1. The van der Waals surface area contributed by atoms with Crippen LogP contribution in [0.25, 0.3) is 0 Å². The van der Waals surface area contributed by atoms with Gasteiger partial charge in [0.05, 0.1) is 13.0 Å². The second kappa shape index (κ2) is 10.5. The van der Waals surface area contributed by atoms with Crippen LogP contribution in [0.5, 0.6) is 5.75 Å². The number of rotatable bonds is 7. The molecular formula is C18H29ClN2O2. The minimum Gasteiger partial charge on any atom is -0.494 e. The maximum atomic E-state index is 12.7. The first-order valence-corrected chi connectivity index (χ1v) is 8.46. The largest absolute Gasteiger partial charge is 0.494 e. The lowest BCUT2D eigenvalue weighted by atomic mass is 10.0. The molecule has 0 spiro atoms. The molecule has 1 aliphatic rings. The summed E-state index contributed by atoms with van der Waals surface area (Å²) in [6, 6.07) is 8.28. The van der Waals surface area contributed by atoms with E-state index in [9.17, 15) is 4.79 Å². The van der Waals surface area contributed by atoms with Crippen molar-refractivity contribution in [3.05, 3.63) is 29.8 Å². The van der Waals surface area contributed by atoms with Crippen molar-refractivity contribution in [3.63, 3.8) is 0 Å². The van der Waals surface area contributed by atoms with E-state index in [4.69, 9.17) is 4.74 Å². The molecule has 1 aliphatic heterocycles. The summed E-state index contributed by atoms with van der Waals surface area (Å²) >= 11 is 0. The van der Waals surface area contributed by atoms with Crippen molar-refractivity contribution < 1.29 is 9.53 Å². The summed E-state index contributed by atoms with van der Waals surface area (Å²) in [4.78, 5) is 14.8. The highest BCUT2D eigenvalue weighted by Gasteiger charge is 2.24. The highest BCUT2D eigenvalue weighted by atomic mass is 35.5. The van der Waals surface area contributed by atoms with E-state index in [0.717, 1.165) is 50.2 Å². The van der Waals surface area contributed by atoms with Gasteiger partial charge in [0, 0.05) is 12.6 Å². The fourth-order valence-electron chi connectivity index (χ4n) is 3.02. The highest BCUT2D eigenvalue weighted by Crippen LogP contribution is 2.17. The molecule has 23 heavy (non-hydrogen) atoms. The van der Waals surface area contributed by atoms with Gasteiger partial charge in [-0.05, 0) is 57.0 Å². The molecule has 4 nitrogen and oxygen atoms in total. The van der Waals surface area contributed by atoms with Gasteiger partial charge in [-0.2, -0.15) is 0 Å². The van der Waals surface area contributed by atoms with Crippen LogP contribution in [0.2, 0.25) is 0 Å². The molecule has 130 valence electrons. The van der Waals surface area contributed by atoms with Gasteiger partial charge in [-0.25, -0.2) is 0 Å². The van der Waals surface area contributed by atoms with Crippen molar-refractivity contribution in [2.45, 2.75) is 45.6 Å². The van der Waals surface area contributed by atoms with Crippen molar-refractivity contribution in [3.8, 4) is 5.75 Å². The molecule has 1 N–H and O–H groups in total. The van der Waals surface area contributed by atoms with Gasteiger partial charge in [0.15, 0.2) is 0 Å². The molecule has 0 radical (unpaired) electrons. The first kappa shape index (κ1) is 19.8. The lowest BCUT2D eigenvalue weighted by Gasteiger charge is -2.34. The Labute approximate surface area is 146 Å². The summed E-state index contributed by atoms with van der Waals surface area (Å²) in [5.41, 5.74) is 1.06. The lowest BCUT2D eigenvalue weighted by Crippen LogP contribution is -2.47. The Bertz CT molecular complexity index is 459. The number of nitrogens with one attached hydrogen (secondary N) is 1. The first-order chi connectivity index (χ1) is 10.7. The normalized spacial score (nSPS) is 14.9. The van der Waals surface area contributed by atoms with Crippen molar-refractivity contribution in [2.75, 3.05) is 26.2 Å². The Morgan fingerprint density at radius 2 is 1.87 bits per heavy atom. The Kier molecular flexibility index (Phi) is 9.03. The van der Waals surface area contributed by atoms with E-state index < -0.39 is 0 Å². The summed E-state index contributed by atoms with van der Waals surface area (Å²) in [6.45, 7) is 7.67. The Morgan fingerprint density at radius 3 is 2.43 bits per heavy atom. The van der Waals surface area contributed by atoms with Gasteiger partial charge >= 0.3 is 0 Å². The van der Waals surface area contributed by atoms with Gasteiger partial charge in [-0.1, -0.05) is 19.1 Å². The average molecular weight is 341 g/mol. The second-order valence-corrected chi connectivity index (χ2v) is 5.82. The molecular weight excluding hydrogens is 312 g/mol. The molecule has 1 saturated heterocycles. The Hall–Kier alpha value is -1.26. The fraction of sp³-hybridized carbons (Fsp3) is 0.611. The van der Waals surface area contributed by atoms with Gasteiger partial charge in [-0.3, -0.25) is 4.79 Å². The van der Waals surface area contributed by atoms with Crippen molar-refractivity contribution >= 4 is 18.3 Å². The number of nitrogens with zero attached hydrogens (tertiary/aromatic N) is 1. The van der Waals surface area contributed by atoms with E-state index in [2.05, 4.69) is 17.1 Å².